The highest BCUT2D eigenvalue weighted by Crippen LogP contribution is 2.25. The molecular weight excluding hydrogens is 300 g/mol. The van der Waals surface area contributed by atoms with E-state index >= 15 is 0 Å². The molecule has 24 heavy (non-hydrogen) atoms. The van der Waals surface area contributed by atoms with E-state index in [4.69, 9.17) is 0 Å². The Morgan fingerprint density at radius 3 is 2.42 bits per heavy atom. The van der Waals surface area contributed by atoms with Crippen molar-refractivity contribution >= 4 is 5.91 Å². The Labute approximate surface area is 140 Å². The van der Waals surface area contributed by atoms with Gasteiger partial charge in [0, 0.05) is 12.1 Å². The molecule has 0 atom stereocenters. The van der Waals surface area contributed by atoms with Crippen LogP contribution in [0.25, 0.3) is 16.9 Å². The minimum Gasteiger partial charge on any atom is -0.352 e. The van der Waals surface area contributed by atoms with Gasteiger partial charge in [0.05, 0.1) is 17.8 Å². The van der Waals surface area contributed by atoms with Crippen LogP contribution in [0.15, 0.2) is 73.3 Å². The van der Waals surface area contributed by atoms with Crippen molar-refractivity contribution in [2.45, 2.75) is 6.42 Å². The van der Waals surface area contributed by atoms with Crippen LogP contribution in [0.3, 0.4) is 0 Å². The van der Waals surface area contributed by atoms with Gasteiger partial charge < -0.3 is 5.32 Å². The highest BCUT2D eigenvalue weighted by atomic mass is 16.1. The van der Waals surface area contributed by atoms with Gasteiger partial charge in [-0.05, 0) is 12.1 Å². The molecule has 0 saturated heterocycles. The Balaban J connectivity index is 2.02. The van der Waals surface area contributed by atoms with Crippen molar-refractivity contribution in [3.8, 4) is 16.9 Å². The van der Waals surface area contributed by atoms with Crippen molar-refractivity contribution in [2.75, 3.05) is 6.54 Å². The van der Waals surface area contributed by atoms with E-state index in [-0.39, 0.29) is 12.3 Å². The molecule has 1 amide bonds. The van der Waals surface area contributed by atoms with Gasteiger partial charge in [-0.2, -0.15) is 0 Å². The van der Waals surface area contributed by atoms with Crippen molar-refractivity contribution in [3.63, 3.8) is 0 Å². The van der Waals surface area contributed by atoms with E-state index in [0.29, 0.717) is 12.2 Å². The first kappa shape index (κ1) is 15.7. The van der Waals surface area contributed by atoms with Gasteiger partial charge in [0.25, 0.3) is 0 Å². The molecule has 1 aromatic heterocycles. The van der Waals surface area contributed by atoms with E-state index in [0.717, 1.165) is 16.9 Å². The minimum atomic E-state index is -0.104. The molecule has 0 saturated carbocycles. The van der Waals surface area contributed by atoms with E-state index < -0.39 is 0 Å². The van der Waals surface area contributed by atoms with E-state index in [1.807, 2.05) is 60.7 Å². The second-order valence-electron chi connectivity index (χ2n) is 5.27. The lowest BCUT2D eigenvalue weighted by Crippen LogP contribution is -2.25. The van der Waals surface area contributed by atoms with Crippen LogP contribution >= 0.6 is 0 Å². The molecule has 0 radical (unpaired) electrons. The van der Waals surface area contributed by atoms with E-state index in [9.17, 15) is 4.79 Å². The first-order chi connectivity index (χ1) is 11.8. The summed E-state index contributed by atoms with van der Waals surface area (Å²) in [5.41, 5.74) is 3.35. The van der Waals surface area contributed by atoms with Crippen molar-refractivity contribution in [2.24, 2.45) is 0 Å². The first-order valence-corrected chi connectivity index (χ1v) is 7.72. The number of hydrogen-bond acceptors (Lipinski definition) is 3. The summed E-state index contributed by atoms with van der Waals surface area (Å²) in [6.45, 7) is 4.04. The predicted octanol–water partition coefficient (Wildman–Crippen LogP) is 2.78. The third-order valence-electron chi connectivity index (χ3n) is 3.56. The van der Waals surface area contributed by atoms with Crippen LogP contribution in [-0.4, -0.2) is 27.4 Å². The van der Waals surface area contributed by atoms with Crippen LogP contribution in [0, 0.1) is 0 Å². The van der Waals surface area contributed by atoms with Crippen LogP contribution in [0.1, 0.15) is 5.69 Å². The molecule has 0 fully saturated rings. The Hall–Kier alpha value is -3.21. The van der Waals surface area contributed by atoms with Gasteiger partial charge in [-0.1, -0.05) is 59.8 Å². The first-order valence-electron chi connectivity index (χ1n) is 7.72. The van der Waals surface area contributed by atoms with Crippen LogP contribution in [0.2, 0.25) is 0 Å². The maximum Gasteiger partial charge on any atom is 0.226 e. The maximum absolute atomic E-state index is 12.1. The fraction of sp³-hybridized carbons (Fsp3) is 0.105. The summed E-state index contributed by atoms with van der Waals surface area (Å²) in [5, 5.41) is 11.3. The van der Waals surface area contributed by atoms with Crippen LogP contribution < -0.4 is 5.32 Å². The number of amides is 1. The minimum absolute atomic E-state index is 0.104. The largest absolute Gasteiger partial charge is 0.352 e. The quantitative estimate of drug-likeness (QED) is 0.711. The molecule has 3 rings (SSSR count). The third-order valence-corrected chi connectivity index (χ3v) is 3.56. The molecule has 1 heterocycles. The number of rotatable bonds is 6. The average molecular weight is 318 g/mol. The van der Waals surface area contributed by atoms with Gasteiger partial charge >= 0.3 is 0 Å². The number of carbonyl (C=O) groups excluding carboxylic acids is 1. The third kappa shape index (κ3) is 3.41. The van der Waals surface area contributed by atoms with Crippen molar-refractivity contribution in [1.82, 2.24) is 20.3 Å². The topological polar surface area (TPSA) is 59.8 Å². The zero-order valence-corrected chi connectivity index (χ0v) is 13.2. The molecule has 2 aromatic carbocycles. The highest BCUT2D eigenvalue weighted by Gasteiger charge is 2.18. The van der Waals surface area contributed by atoms with Gasteiger partial charge in [0.15, 0.2) is 0 Å². The van der Waals surface area contributed by atoms with Crippen molar-refractivity contribution < 1.29 is 4.79 Å². The Morgan fingerprint density at radius 2 is 1.75 bits per heavy atom. The lowest BCUT2D eigenvalue weighted by molar-refractivity contribution is -0.120. The highest BCUT2D eigenvalue weighted by molar-refractivity contribution is 5.80. The predicted molar refractivity (Wildman–Crippen MR) is 93.7 cm³/mol. The number of hydrogen-bond donors (Lipinski definition) is 1. The molecule has 5 heteroatoms. The molecular formula is C19H18N4O. The van der Waals surface area contributed by atoms with E-state index in [2.05, 4.69) is 22.2 Å². The van der Waals surface area contributed by atoms with Crippen LogP contribution in [-0.2, 0) is 11.2 Å². The fourth-order valence-corrected chi connectivity index (χ4v) is 2.47. The number of para-hydroxylation sites is 1. The molecule has 0 unspecified atom stereocenters. The molecule has 0 bridgehead atoms. The molecule has 0 aliphatic carbocycles. The molecule has 120 valence electrons. The second kappa shape index (κ2) is 7.37. The standard InChI is InChI=1S/C19H18N4O/c1-2-13-20-18(24)14-17-19(15-9-5-3-6-10-15)23(22-21-17)16-11-7-4-8-12-16/h2-12H,1,13-14H2,(H,20,24). The van der Waals surface area contributed by atoms with Crippen LogP contribution in [0.5, 0.6) is 0 Å². The Morgan fingerprint density at radius 1 is 1.08 bits per heavy atom. The van der Waals surface area contributed by atoms with Gasteiger partial charge in [-0.3, -0.25) is 4.79 Å². The maximum atomic E-state index is 12.1. The van der Waals surface area contributed by atoms with Crippen molar-refractivity contribution in [3.05, 3.63) is 79.0 Å². The summed E-state index contributed by atoms with van der Waals surface area (Å²) in [6.07, 6.45) is 1.82. The second-order valence-corrected chi connectivity index (χ2v) is 5.27. The fourth-order valence-electron chi connectivity index (χ4n) is 2.47. The molecule has 0 spiro atoms. The van der Waals surface area contributed by atoms with Crippen LogP contribution in [0.4, 0.5) is 0 Å². The Bertz CT molecular complexity index is 825. The summed E-state index contributed by atoms with van der Waals surface area (Å²) in [4.78, 5) is 12.1. The van der Waals surface area contributed by atoms with Crippen molar-refractivity contribution in [1.29, 1.82) is 0 Å². The molecule has 1 N–H and O–H groups in total. The summed E-state index contributed by atoms with van der Waals surface area (Å²) in [5.74, 6) is -0.104. The molecule has 0 aliphatic heterocycles. The normalized spacial score (nSPS) is 10.3. The zero-order valence-electron chi connectivity index (χ0n) is 13.2. The summed E-state index contributed by atoms with van der Waals surface area (Å²) < 4.78 is 1.77. The SMILES string of the molecule is C=CCNC(=O)Cc1nnn(-c2ccccc2)c1-c1ccccc1. The summed E-state index contributed by atoms with van der Waals surface area (Å²) in [7, 11) is 0. The van der Waals surface area contributed by atoms with E-state index in [1.54, 1.807) is 10.8 Å². The number of nitrogens with zero attached hydrogens (tertiary/aromatic N) is 3. The average Bonchev–Trinajstić information content (AvgIpc) is 3.05. The smallest absolute Gasteiger partial charge is 0.226 e. The lowest BCUT2D eigenvalue weighted by Gasteiger charge is -2.08. The number of nitrogens with one attached hydrogen (secondary N) is 1. The number of carbonyl (C=O) groups is 1. The van der Waals surface area contributed by atoms with E-state index in [1.165, 1.54) is 0 Å². The number of benzene rings is 2. The summed E-state index contributed by atoms with van der Waals surface area (Å²) >= 11 is 0. The molecule has 3 aromatic rings. The van der Waals surface area contributed by atoms with Gasteiger partial charge in [-0.15, -0.1) is 11.7 Å². The number of aromatic nitrogens is 3. The van der Waals surface area contributed by atoms with Gasteiger partial charge in [-0.25, -0.2) is 4.68 Å². The Kier molecular flexibility index (Phi) is 4.81. The summed E-state index contributed by atoms with van der Waals surface area (Å²) in [6, 6.07) is 19.6. The van der Waals surface area contributed by atoms with Gasteiger partial charge in [0.2, 0.25) is 5.91 Å². The molecule has 0 aliphatic rings. The monoisotopic (exact) mass is 318 g/mol. The zero-order chi connectivity index (χ0) is 16.8. The molecule has 5 nitrogen and oxygen atoms in total. The lowest BCUT2D eigenvalue weighted by atomic mass is 10.1. The van der Waals surface area contributed by atoms with Gasteiger partial charge in [0.1, 0.15) is 5.69 Å².